The van der Waals surface area contributed by atoms with Gasteiger partial charge in [-0.15, -0.1) is 9.89 Å². The molecule has 3 aromatic rings. The van der Waals surface area contributed by atoms with Crippen LogP contribution in [0, 0.1) is 0 Å². The van der Waals surface area contributed by atoms with Gasteiger partial charge in [0.2, 0.25) is 5.82 Å². The van der Waals surface area contributed by atoms with Gasteiger partial charge in [-0.05, 0) is 106 Å². The van der Waals surface area contributed by atoms with Crippen LogP contribution in [-0.4, -0.2) is 57.9 Å². The van der Waals surface area contributed by atoms with E-state index in [0.29, 0.717) is 25.0 Å². The summed E-state index contributed by atoms with van der Waals surface area (Å²) in [6, 6.07) is 13.2. The quantitative estimate of drug-likeness (QED) is 0.135. The summed E-state index contributed by atoms with van der Waals surface area (Å²) in [5.74, 6) is 2.80. The van der Waals surface area contributed by atoms with E-state index in [0.717, 1.165) is 54.5 Å². The zero-order chi connectivity index (χ0) is 36.6. The van der Waals surface area contributed by atoms with Crippen molar-refractivity contribution in [2.75, 3.05) is 24.7 Å². The Bertz CT molecular complexity index is 1730. The third-order valence-electron chi connectivity index (χ3n) is 11.2. The molecule has 0 spiro atoms. The normalized spacial score (nSPS) is 19.3. The average Bonchev–Trinajstić information content (AvgIpc) is 3.60. The van der Waals surface area contributed by atoms with E-state index in [4.69, 9.17) is 24.5 Å². The first kappa shape index (κ1) is 37.7. The third-order valence-corrected chi connectivity index (χ3v) is 11.2. The molecule has 0 saturated heterocycles. The summed E-state index contributed by atoms with van der Waals surface area (Å²) in [5, 5.41) is 12.8. The van der Waals surface area contributed by atoms with Gasteiger partial charge in [-0.1, -0.05) is 67.5 Å². The minimum absolute atomic E-state index is 0.0132. The molecular formula is C41H61N7O2. The molecule has 272 valence electrons. The lowest BCUT2D eigenvalue weighted by Gasteiger charge is -2.47. The fraction of sp³-hybridized carbons (Fsp3) is 0.610. The fourth-order valence-corrected chi connectivity index (χ4v) is 7.24. The first-order chi connectivity index (χ1) is 23.5. The molecule has 0 amide bonds. The Labute approximate surface area is 301 Å². The van der Waals surface area contributed by atoms with E-state index in [2.05, 4.69) is 128 Å². The van der Waals surface area contributed by atoms with Gasteiger partial charge in [0, 0.05) is 35.8 Å². The predicted octanol–water partition coefficient (Wildman–Crippen LogP) is 9.22. The molecule has 0 saturated carbocycles. The lowest BCUT2D eigenvalue weighted by Crippen LogP contribution is -2.48. The molecule has 50 heavy (non-hydrogen) atoms. The molecule has 3 heterocycles. The number of nitrogens with one attached hydrogen (secondary N) is 1. The second kappa shape index (κ2) is 14.6. The Kier molecular flexibility index (Phi) is 11.0. The van der Waals surface area contributed by atoms with E-state index in [1.54, 1.807) is 4.79 Å². The van der Waals surface area contributed by atoms with Crippen LogP contribution < -0.4 is 15.0 Å². The summed E-state index contributed by atoms with van der Waals surface area (Å²) in [7, 11) is 0. The number of ether oxygens (including phenoxy) is 2. The summed E-state index contributed by atoms with van der Waals surface area (Å²) in [6.07, 6.45) is 2.79. The number of hydrogen-bond donors (Lipinski definition) is 1. The molecule has 2 aliphatic rings. The van der Waals surface area contributed by atoms with Crippen molar-refractivity contribution in [1.82, 2.24) is 20.2 Å². The van der Waals surface area contributed by atoms with Crippen LogP contribution in [0.15, 0.2) is 46.5 Å². The maximum atomic E-state index is 6.37. The second-order valence-corrected chi connectivity index (χ2v) is 16.3. The van der Waals surface area contributed by atoms with Gasteiger partial charge in [0.1, 0.15) is 18.2 Å². The van der Waals surface area contributed by atoms with Gasteiger partial charge in [0.15, 0.2) is 12.1 Å². The number of aliphatic imine (C=N–C) groups is 1. The van der Waals surface area contributed by atoms with E-state index in [9.17, 15) is 0 Å². The van der Waals surface area contributed by atoms with Crippen LogP contribution in [0.2, 0.25) is 0 Å². The molecule has 0 radical (unpaired) electrons. The monoisotopic (exact) mass is 683 g/mol. The average molecular weight is 684 g/mol. The van der Waals surface area contributed by atoms with Gasteiger partial charge >= 0.3 is 0 Å². The lowest BCUT2D eigenvalue weighted by atomic mass is 9.76. The number of aromatic nitrogens is 3. The maximum Gasteiger partial charge on any atom is 0.204 e. The van der Waals surface area contributed by atoms with Crippen LogP contribution in [0.4, 0.5) is 11.4 Å². The van der Waals surface area contributed by atoms with Crippen LogP contribution >= 0.6 is 0 Å². The van der Waals surface area contributed by atoms with E-state index in [-0.39, 0.29) is 22.3 Å². The smallest absolute Gasteiger partial charge is 0.204 e. The molecule has 9 nitrogen and oxygen atoms in total. The molecule has 3 atom stereocenters. The van der Waals surface area contributed by atoms with Crippen molar-refractivity contribution in [2.45, 2.75) is 144 Å². The largest absolute Gasteiger partial charge is 0.465 e. The molecule has 0 aliphatic carbocycles. The van der Waals surface area contributed by atoms with Crippen molar-refractivity contribution in [2.24, 2.45) is 10.1 Å². The molecule has 3 unspecified atom stereocenters. The zero-order valence-electron chi connectivity index (χ0n) is 32.9. The number of anilines is 1. The van der Waals surface area contributed by atoms with Gasteiger partial charge in [0.05, 0.1) is 11.4 Å². The first-order valence-electron chi connectivity index (χ1n) is 18.7. The molecule has 5 rings (SSSR count). The third kappa shape index (κ3) is 7.69. The van der Waals surface area contributed by atoms with E-state index in [1.807, 2.05) is 13.8 Å². The molecule has 0 bridgehead atoms. The molecule has 0 fully saturated rings. The van der Waals surface area contributed by atoms with Crippen LogP contribution in [-0.2, 0) is 15.6 Å². The Morgan fingerprint density at radius 2 is 1.74 bits per heavy atom. The fourth-order valence-electron chi connectivity index (χ4n) is 7.24. The van der Waals surface area contributed by atoms with Crippen molar-refractivity contribution >= 4 is 22.8 Å². The Morgan fingerprint density at radius 1 is 1.02 bits per heavy atom. The highest BCUT2D eigenvalue weighted by molar-refractivity contribution is 6.48. The molecule has 1 N–H and O–H groups in total. The Hall–Kier alpha value is -3.56. The van der Waals surface area contributed by atoms with Crippen molar-refractivity contribution < 1.29 is 9.47 Å². The summed E-state index contributed by atoms with van der Waals surface area (Å²) in [5.41, 5.74) is 7.96. The van der Waals surface area contributed by atoms with Crippen molar-refractivity contribution in [3.8, 4) is 5.75 Å². The summed E-state index contributed by atoms with van der Waals surface area (Å²) < 4.78 is 12.4. The molecule has 2 aromatic carbocycles. The van der Waals surface area contributed by atoms with Crippen LogP contribution in [0.1, 0.15) is 149 Å². The Balaban J connectivity index is 1.20. The van der Waals surface area contributed by atoms with Gasteiger partial charge in [-0.2, -0.15) is 5.10 Å². The predicted molar refractivity (Wildman–Crippen MR) is 207 cm³/mol. The number of fused-ring (bicyclic) bond motifs is 2. The number of rotatable bonds is 14. The van der Waals surface area contributed by atoms with E-state index < -0.39 is 6.29 Å². The first-order valence-corrected chi connectivity index (χ1v) is 18.7. The van der Waals surface area contributed by atoms with Crippen LogP contribution in [0.25, 0.3) is 0 Å². The highest BCUT2D eigenvalue weighted by Gasteiger charge is 2.36. The van der Waals surface area contributed by atoms with E-state index >= 15 is 0 Å². The minimum Gasteiger partial charge on any atom is -0.465 e. The topological polar surface area (TPSA) is 89.2 Å². The lowest BCUT2D eigenvalue weighted by molar-refractivity contribution is -0.0742. The number of benzene rings is 2. The minimum atomic E-state index is -0.414. The molecular weight excluding hydrogens is 622 g/mol. The van der Waals surface area contributed by atoms with Crippen molar-refractivity contribution in [3.05, 3.63) is 64.7 Å². The summed E-state index contributed by atoms with van der Waals surface area (Å²) >= 11 is 0. The Morgan fingerprint density at radius 3 is 2.42 bits per heavy atom. The van der Waals surface area contributed by atoms with Gasteiger partial charge in [0.25, 0.3) is 0 Å². The van der Waals surface area contributed by atoms with Gasteiger partial charge < -0.3 is 14.4 Å². The standard InChI is InChI=1S/C41H61N7O2/c1-14-39(8,9)30-17-20-35(33(21-30)40(10,11)15-2)50-29(7)49-25-42-24-27(5)37-44-38-36(28(6)45-48(38)46-37)43-31-18-19-34-32(22-31)26(4)23-41(12,13)47(34)16-3/h17-22,26-27,29,42H,14-16,23-25H2,1-13H3. The SMILES string of the molecule is CCN1c2ccc(N=C3C(C)=Nn4nc(C(C)CNCOC(C)Oc5ccc(C(C)(C)CC)cc5C(C)(C)CC)nc43)cc2C(C)CC1(C)C. The highest BCUT2D eigenvalue weighted by atomic mass is 16.7. The van der Waals surface area contributed by atoms with Crippen LogP contribution in [0.3, 0.4) is 0 Å². The molecule has 1 aromatic heterocycles. The highest BCUT2D eigenvalue weighted by Crippen LogP contribution is 2.44. The van der Waals surface area contributed by atoms with E-state index in [1.165, 1.54) is 22.4 Å². The molecule has 9 heteroatoms. The summed E-state index contributed by atoms with van der Waals surface area (Å²) in [4.78, 5) is 14.1. The van der Waals surface area contributed by atoms with Crippen molar-refractivity contribution in [1.29, 1.82) is 0 Å². The second-order valence-electron chi connectivity index (χ2n) is 16.3. The number of hydrogen-bond acceptors (Lipinski definition) is 8. The van der Waals surface area contributed by atoms with Crippen molar-refractivity contribution in [3.63, 3.8) is 0 Å². The summed E-state index contributed by atoms with van der Waals surface area (Å²) in [6.45, 7) is 30.9. The zero-order valence-corrected chi connectivity index (χ0v) is 32.9. The van der Waals surface area contributed by atoms with Crippen LogP contribution in [0.5, 0.6) is 5.75 Å². The molecule has 2 aliphatic heterocycles. The number of nitrogens with zero attached hydrogens (tertiary/aromatic N) is 6. The maximum absolute atomic E-state index is 6.37. The van der Waals surface area contributed by atoms with Gasteiger partial charge in [-0.25, -0.2) is 9.98 Å². The van der Waals surface area contributed by atoms with Gasteiger partial charge in [-0.3, -0.25) is 5.32 Å².